The number of rotatable bonds is 1. The van der Waals surface area contributed by atoms with Gasteiger partial charge in [0, 0.05) is 5.57 Å². The summed E-state index contributed by atoms with van der Waals surface area (Å²) in [5.74, 6) is -0.257. The molecule has 0 amide bonds. The van der Waals surface area contributed by atoms with Gasteiger partial charge in [-0.1, -0.05) is 6.08 Å². The Kier molecular flexibility index (Phi) is 7.96. The Morgan fingerprint density at radius 2 is 2.11 bits per heavy atom. The molecule has 9 heavy (non-hydrogen) atoms. The van der Waals surface area contributed by atoms with E-state index >= 15 is 0 Å². The van der Waals surface area contributed by atoms with Gasteiger partial charge in [0.1, 0.15) is 0 Å². The van der Waals surface area contributed by atoms with Crippen LogP contribution in [0.15, 0.2) is 11.6 Å². The summed E-state index contributed by atoms with van der Waals surface area (Å²) in [7, 11) is 1.37. The smallest absolute Gasteiger partial charge is 1.00 e. The number of carbonyl (C=O) groups excluding carboxylic acids is 1. The Hall–Kier alpha value is -0.0238. The van der Waals surface area contributed by atoms with E-state index in [-0.39, 0.29) is 31.9 Å². The van der Waals surface area contributed by atoms with Crippen LogP contribution >= 0.6 is 0 Å². The normalized spacial score (nSPS) is 9.89. The number of ether oxygens (including phenoxy) is 1. The largest absolute Gasteiger partial charge is 2.00 e. The maximum atomic E-state index is 10.5. The number of hydrogen-bond acceptors (Lipinski definition) is 2. The maximum absolute atomic E-state index is 10.5. The molecule has 0 radical (unpaired) electrons. The molecule has 0 aromatic rings. The van der Waals surface area contributed by atoms with E-state index < -0.39 is 0 Å². The van der Waals surface area contributed by atoms with Gasteiger partial charge in [-0.25, -0.2) is 4.79 Å². The zero-order valence-electron chi connectivity index (χ0n) is 8.10. The summed E-state index contributed by atoms with van der Waals surface area (Å²) in [6, 6.07) is 0. The van der Waals surface area contributed by atoms with Crippen molar-refractivity contribution in [2.75, 3.05) is 7.11 Å². The van der Waals surface area contributed by atoms with Crippen molar-refractivity contribution >= 4 is 29.0 Å². The van der Waals surface area contributed by atoms with Gasteiger partial charge in [-0.3, -0.25) is 0 Å². The first-order valence-electron chi connectivity index (χ1n) is 2.43. The second-order valence-electron chi connectivity index (χ2n) is 1.46. The SMILES string of the molecule is CC=C(C)C(=O)OC.[H-].[H-].[Mg+2]. The Balaban J connectivity index is -0.0000000817. The third-order valence-corrected chi connectivity index (χ3v) is 0.940. The van der Waals surface area contributed by atoms with Crippen molar-refractivity contribution in [1.82, 2.24) is 0 Å². The van der Waals surface area contributed by atoms with E-state index in [1.54, 1.807) is 19.9 Å². The van der Waals surface area contributed by atoms with Crippen molar-refractivity contribution in [3.63, 3.8) is 0 Å². The molecule has 0 heterocycles. The topological polar surface area (TPSA) is 26.3 Å². The Morgan fingerprint density at radius 3 is 2.22 bits per heavy atom. The summed E-state index contributed by atoms with van der Waals surface area (Å²) >= 11 is 0. The number of hydrogen-bond donors (Lipinski definition) is 0. The molecule has 0 spiro atoms. The van der Waals surface area contributed by atoms with E-state index in [0.29, 0.717) is 5.57 Å². The number of carbonyl (C=O) groups is 1. The molecule has 0 aromatic heterocycles. The molecule has 0 saturated carbocycles. The van der Waals surface area contributed by atoms with Crippen LogP contribution in [0.3, 0.4) is 0 Å². The Bertz CT molecular complexity index is 126. The zero-order valence-corrected chi connectivity index (χ0v) is 7.52. The van der Waals surface area contributed by atoms with Crippen LogP contribution in [-0.2, 0) is 9.53 Å². The maximum Gasteiger partial charge on any atom is 2.00 e. The van der Waals surface area contributed by atoms with Gasteiger partial charge in [-0.15, -0.1) is 0 Å². The van der Waals surface area contributed by atoms with Crippen LogP contribution in [0.1, 0.15) is 16.7 Å². The molecule has 3 heteroatoms. The number of allylic oxidation sites excluding steroid dienone is 1. The van der Waals surface area contributed by atoms with Gasteiger partial charge in [-0.05, 0) is 13.8 Å². The first-order valence-corrected chi connectivity index (χ1v) is 2.43. The second-order valence-corrected chi connectivity index (χ2v) is 1.46. The van der Waals surface area contributed by atoms with Crippen molar-refractivity contribution in [2.24, 2.45) is 0 Å². The molecule has 0 saturated heterocycles. The van der Waals surface area contributed by atoms with Crippen molar-refractivity contribution in [2.45, 2.75) is 13.8 Å². The quantitative estimate of drug-likeness (QED) is 0.308. The summed E-state index contributed by atoms with van der Waals surface area (Å²) in [4.78, 5) is 10.5. The predicted octanol–water partition coefficient (Wildman–Crippen LogP) is 0.970. The summed E-state index contributed by atoms with van der Waals surface area (Å²) in [6.07, 6.45) is 1.71. The standard InChI is InChI=1S/C6H10O2.Mg.2H/c1-4-5(2)6(7)8-3;;;/h4H,1-3H3;;;/q;+2;2*-1. The molecule has 0 unspecified atom stereocenters. The average Bonchev–Trinajstić information content (AvgIpc) is 1.84. The predicted molar refractivity (Wildman–Crippen MR) is 39.4 cm³/mol. The van der Waals surface area contributed by atoms with Gasteiger partial charge in [0.15, 0.2) is 0 Å². The van der Waals surface area contributed by atoms with Crippen LogP contribution in [-0.4, -0.2) is 36.1 Å². The van der Waals surface area contributed by atoms with E-state index in [1.807, 2.05) is 0 Å². The van der Waals surface area contributed by atoms with Crippen molar-refractivity contribution in [1.29, 1.82) is 0 Å². The first kappa shape index (κ1) is 11.7. The molecule has 0 fully saturated rings. The second kappa shape index (κ2) is 6.10. The molecule has 0 aliphatic rings. The van der Waals surface area contributed by atoms with E-state index in [2.05, 4.69) is 4.74 Å². The van der Waals surface area contributed by atoms with E-state index in [0.717, 1.165) is 0 Å². The van der Waals surface area contributed by atoms with Crippen molar-refractivity contribution in [3.8, 4) is 0 Å². The fraction of sp³-hybridized carbons (Fsp3) is 0.500. The summed E-state index contributed by atoms with van der Waals surface area (Å²) in [5.41, 5.74) is 0.646. The summed E-state index contributed by atoms with van der Waals surface area (Å²) < 4.78 is 4.40. The molecule has 0 aromatic carbocycles. The molecule has 50 valence electrons. The van der Waals surface area contributed by atoms with Gasteiger partial charge >= 0.3 is 29.0 Å². The molecule has 0 N–H and O–H groups in total. The van der Waals surface area contributed by atoms with Crippen molar-refractivity contribution < 1.29 is 12.4 Å². The molecule has 0 bridgehead atoms. The average molecular weight is 140 g/mol. The van der Waals surface area contributed by atoms with Gasteiger partial charge < -0.3 is 7.59 Å². The molecule has 0 aliphatic carbocycles. The third kappa shape index (κ3) is 4.48. The van der Waals surface area contributed by atoms with Crippen LogP contribution in [0.25, 0.3) is 0 Å². The van der Waals surface area contributed by atoms with Crippen LogP contribution in [0.5, 0.6) is 0 Å². The molecule has 0 atom stereocenters. The minimum absolute atomic E-state index is 0. The van der Waals surface area contributed by atoms with Crippen LogP contribution < -0.4 is 0 Å². The fourth-order valence-corrected chi connectivity index (χ4v) is 0.279. The Morgan fingerprint density at radius 1 is 1.67 bits per heavy atom. The minimum Gasteiger partial charge on any atom is -1.00 e. The first-order chi connectivity index (χ1) is 3.72. The van der Waals surface area contributed by atoms with E-state index in [9.17, 15) is 4.79 Å². The van der Waals surface area contributed by atoms with Gasteiger partial charge in [0.25, 0.3) is 0 Å². The minimum atomic E-state index is -0.257. The molecular formula is C6H12MgO2. The number of esters is 1. The number of methoxy groups -OCH3 is 1. The Labute approximate surface area is 74.4 Å². The van der Waals surface area contributed by atoms with E-state index in [1.165, 1.54) is 7.11 Å². The monoisotopic (exact) mass is 140 g/mol. The van der Waals surface area contributed by atoms with Gasteiger partial charge in [0.2, 0.25) is 0 Å². The van der Waals surface area contributed by atoms with Crippen LogP contribution in [0, 0.1) is 0 Å². The van der Waals surface area contributed by atoms with Crippen LogP contribution in [0.4, 0.5) is 0 Å². The van der Waals surface area contributed by atoms with Gasteiger partial charge in [0.05, 0.1) is 7.11 Å². The fourth-order valence-electron chi connectivity index (χ4n) is 0.279. The zero-order chi connectivity index (χ0) is 6.57. The van der Waals surface area contributed by atoms with E-state index in [4.69, 9.17) is 0 Å². The molecular weight excluding hydrogens is 128 g/mol. The summed E-state index contributed by atoms with van der Waals surface area (Å²) in [5, 5.41) is 0. The molecule has 0 aliphatic heterocycles. The molecule has 2 nitrogen and oxygen atoms in total. The van der Waals surface area contributed by atoms with Gasteiger partial charge in [-0.2, -0.15) is 0 Å². The van der Waals surface area contributed by atoms with Crippen LogP contribution in [0.2, 0.25) is 0 Å². The third-order valence-electron chi connectivity index (χ3n) is 0.940. The summed E-state index contributed by atoms with van der Waals surface area (Å²) in [6.45, 7) is 3.51. The van der Waals surface area contributed by atoms with Crippen molar-refractivity contribution in [3.05, 3.63) is 11.6 Å². The molecule has 0 rings (SSSR count).